The number of thiophene rings is 1. The van der Waals surface area contributed by atoms with Gasteiger partial charge in [0.1, 0.15) is 5.82 Å². The number of hydrogen-bond donors (Lipinski definition) is 0. The summed E-state index contributed by atoms with van der Waals surface area (Å²) in [6, 6.07) is 9.87. The van der Waals surface area contributed by atoms with Gasteiger partial charge >= 0.3 is 0 Å². The molecule has 0 aliphatic carbocycles. The first-order valence-electron chi connectivity index (χ1n) is 8.94. The Kier molecular flexibility index (Phi) is 4.52. The van der Waals surface area contributed by atoms with Crippen molar-refractivity contribution < 1.29 is 18.7 Å². The van der Waals surface area contributed by atoms with Crippen LogP contribution in [0.4, 0.5) is 10.1 Å². The number of benzene rings is 1. The van der Waals surface area contributed by atoms with Crippen molar-refractivity contribution in [2.45, 2.75) is 31.4 Å². The van der Waals surface area contributed by atoms with Crippen LogP contribution in [0.3, 0.4) is 0 Å². The van der Waals surface area contributed by atoms with Crippen LogP contribution in [-0.2, 0) is 9.53 Å². The van der Waals surface area contributed by atoms with Gasteiger partial charge in [-0.05, 0) is 50.1 Å². The second kappa shape index (κ2) is 6.73. The Morgan fingerprint density at radius 2 is 2.00 bits per heavy atom. The molecule has 1 atom stereocenters. The predicted molar refractivity (Wildman–Crippen MR) is 102 cm³/mol. The van der Waals surface area contributed by atoms with Crippen molar-refractivity contribution in [3.63, 3.8) is 0 Å². The second-order valence-corrected chi connectivity index (χ2v) is 8.36. The average molecular weight is 388 g/mol. The number of carbonyl (C=O) groups is 2. The molecule has 0 N–H and O–H groups in total. The number of amides is 2. The number of hydrogen-bond acceptors (Lipinski definition) is 4. The molecular weight excluding hydrogens is 367 g/mol. The minimum Gasteiger partial charge on any atom is -0.369 e. The third-order valence-electron chi connectivity index (χ3n) is 5.55. The Balaban J connectivity index is 1.55. The van der Waals surface area contributed by atoms with Crippen molar-refractivity contribution in [2.75, 3.05) is 25.1 Å². The molecule has 0 bridgehead atoms. The van der Waals surface area contributed by atoms with Gasteiger partial charge < -0.3 is 14.5 Å². The number of aryl methyl sites for hydroxylation is 1. The molecule has 142 valence electrons. The number of anilines is 1. The molecule has 1 spiro atoms. The number of β-lactam (4-membered cyclic amide) rings is 1. The van der Waals surface area contributed by atoms with Crippen LogP contribution in [0.1, 0.15) is 27.4 Å². The van der Waals surface area contributed by atoms with Gasteiger partial charge in [0.2, 0.25) is 0 Å². The third kappa shape index (κ3) is 2.85. The lowest BCUT2D eigenvalue weighted by atomic mass is 9.72. The number of nitrogens with zero attached hydrogens (tertiary/aromatic N) is 2. The summed E-state index contributed by atoms with van der Waals surface area (Å²) < 4.78 is 19.2. The minimum absolute atomic E-state index is 0.0277. The lowest BCUT2D eigenvalue weighted by Gasteiger charge is -2.59. The van der Waals surface area contributed by atoms with Gasteiger partial charge in [0.25, 0.3) is 11.8 Å². The molecule has 2 aliphatic rings. The number of methoxy groups -OCH3 is 1. The number of halogens is 1. The maximum atomic E-state index is 13.7. The molecular formula is C20H21FN2O3S. The van der Waals surface area contributed by atoms with Crippen LogP contribution < -0.4 is 4.90 Å². The molecule has 3 heterocycles. The molecule has 2 fully saturated rings. The lowest BCUT2D eigenvalue weighted by molar-refractivity contribution is -0.150. The number of ether oxygens (including phenoxy) is 1. The Bertz CT molecular complexity index is 889. The zero-order valence-electron chi connectivity index (χ0n) is 15.3. The first kappa shape index (κ1) is 18.1. The standard InChI is InChI=1S/C20H21FN2O3S/c1-13-6-7-16(27-13)18(24)22-10-8-20(9-11-22)17(26-2)19(25)23(20)15-5-3-4-14(21)12-15/h3-7,12,17H,8-11H2,1-2H3. The van der Waals surface area contributed by atoms with Crippen LogP contribution in [0.5, 0.6) is 0 Å². The Morgan fingerprint density at radius 3 is 2.59 bits per heavy atom. The minimum atomic E-state index is -0.554. The van der Waals surface area contributed by atoms with Gasteiger partial charge in [0.15, 0.2) is 6.10 Å². The van der Waals surface area contributed by atoms with Gasteiger partial charge in [-0.25, -0.2) is 4.39 Å². The van der Waals surface area contributed by atoms with E-state index in [0.29, 0.717) is 31.6 Å². The highest BCUT2D eigenvalue weighted by atomic mass is 32.1. The fourth-order valence-corrected chi connectivity index (χ4v) is 5.06. The van der Waals surface area contributed by atoms with Crippen LogP contribution in [0.2, 0.25) is 0 Å². The van der Waals surface area contributed by atoms with Crippen LogP contribution in [-0.4, -0.2) is 48.6 Å². The molecule has 2 aliphatic heterocycles. The number of likely N-dealkylation sites (tertiary alicyclic amines) is 1. The van der Waals surface area contributed by atoms with Crippen LogP contribution in [0.15, 0.2) is 36.4 Å². The van der Waals surface area contributed by atoms with Crippen molar-refractivity contribution in [1.82, 2.24) is 4.90 Å². The largest absolute Gasteiger partial charge is 0.369 e. The number of carbonyl (C=O) groups excluding carboxylic acids is 2. The fourth-order valence-electron chi connectivity index (χ4n) is 4.23. The molecule has 1 unspecified atom stereocenters. The average Bonchev–Trinajstić information content (AvgIpc) is 3.08. The maximum Gasteiger partial charge on any atom is 0.263 e. The summed E-state index contributed by atoms with van der Waals surface area (Å²) in [5.41, 5.74) is 0.0175. The SMILES string of the molecule is COC1C(=O)N(c2cccc(F)c2)C12CCN(C(=O)c1ccc(C)s1)CC2. The van der Waals surface area contributed by atoms with E-state index in [9.17, 15) is 14.0 Å². The van der Waals surface area contributed by atoms with Gasteiger partial charge in [0.05, 0.1) is 10.4 Å². The monoisotopic (exact) mass is 388 g/mol. The molecule has 2 aromatic rings. The quantitative estimate of drug-likeness (QED) is 0.759. The molecule has 0 radical (unpaired) electrons. The summed E-state index contributed by atoms with van der Waals surface area (Å²) in [5, 5.41) is 0. The Labute approximate surface area is 161 Å². The van der Waals surface area contributed by atoms with Crippen LogP contribution >= 0.6 is 11.3 Å². The van der Waals surface area contributed by atoms with E-state index in [1.54, 1.807) is 17.0 Å². The van der Waals surface area contributed by atoms with E-state index in [1.807, 2.05) is 24.0 Å². The maximum absolute atomic E-state index is 13.7. The summed E-state index contributed by atoms with van der Waals surface area (Å²) in [4.78, 5) is 30.7. The topological polar surface area (TPSA) is 49.9 Å². The van der Waals surface area contributed by atoms with E-state index in [1.165, 1.54) is 30.6 Å². The first-order valence-corrected chi connectivity index (χ1v) is 9.76. The van der Waals surface area contributed by atoms with Crippen LogP contribution in [0.25, 0.3) is 0 Å². The van der Waals surface area contributed by atoms with Gasteiger partial charge in [-0.1, -0.05) is 6.07 Å². The smallest absolute Gasteiger partial charge is 0.263 e. The normalized spacial score (nSPS) is 21.4. The summed E-state index contributed by atoms with van der Waals surface area (Å²) >= 11 is 1.49. The van der Waals surface area contributed by atoms with E-state index in [4.69, 9.17) is 4.74 Å². The zero-order chi connectivity index (χ0) is 19.2. The molecule has 27 heavy (non-hydrogen) atoms. The summed E-state index contributed by atoms with van der Waals surface area (Å²) in [6.07, 6.45) is 0.648. The van der Waals surface area contributed by atoms with Gasteiger partial charge in [0, 0.05) is 30.8 Å². The molecule has 5 nitrogen and oxygen atoms in total. The van der Waals surface area contributed by atoms with Gasteiger partial charge in [-0.3, -0.25) is 9.59 Å². The first-order chi connectivity index (χ1) is 13.0. The Morgan fingerprint density at radius 1 is 1.26 bits per heavy atom. The molecule has 2 saturated heterocycles. The van der Waals surface area contributed by atoms with E-state index in [0.717, 1.165) is 9.75 Å². The molecule has 7 heteroatoms. The van der Waals surface area contributed by atoms with E-state index >= 15 is 0 Å². The van der Waals surface area contributed by atoms with E-state index < -0.39 is 11.6 Å². The highest BCUT2D eigenvalue weighted by Crippen LogP contribution is 2.45. The molecule has 2 amide bonds. The molecule has 0 saturated carbocycles. The summed E-state index contributed by atoms with van der Waals surface area (Å²) in [7, 11) is 1.53. The van der Waals surface area contributed by atoms with Crippen molar-refractivity contribution in [3.05, 3.63) is 52.0 Å². The molecule has 1 aromatic heterocycles. The number of piperidine rings is 1. The van der Waals surface area contributed by atoms with Crippen LogP contribution in [0, 0.1) is 12.7 Å². The van der Waals surface area contributed by atoms with Crippen molar-refractivity contribution in [3.8, 4) is 0 Å². The van der Waals surface area contributed by atoms with Crippen molar-refractivity contribution >= 4 is 28.8 Å². The van der Waals surface area contributed by atoms with E-state index in [2.05, 4.69) is 0 Å². The lowest BCUT2D eigenvalue weighted by Crippen LogP contribution is -2.78. The second-order valence-electron chi connectivity index (χ2n) is 7.08. The van der Waals surface area contributed by atoms with Crippen molar-refractivity contribution in [2.24, 2.45) is 0 Å². The fraction of sp³-hybridized carbons (Fsp3) is 0.400. The zero-order valence-corrected chi connectivity index (χ0v) is 16.1. The molecule has 1 aromatic carbocycles. The Hall–Kier alpha value is -2.25. The highest BCUT2D eigenvalue weighted by Gasteiger charge is 2.62. The summed E-state index contributed by atoms with van der Waals surface area (Å²) in [5.74, 6) is -0.506. The van der Waals surface area contributed by atoms with Gasteiger partial charge in [-0.2, -0.15) is 0 Å². The predicted octanol–water partition coefficient (Wildman–Crippen LogP) is 3.23. The van der Waals surface area contributed by atoms with E-state index in [-0.39, 0.29) is 17.6 Å². The third-order valence-corrected chi connectivity index (χ3v) is 6.54. The van der Waals surface area contributed by atoms with Gasteiger partial charge in [-0.15, -0.1) is 11.3 Å². The summed E-state index contributed by atoms with van der Waals surface area (Å²) in [6.45, 7) is 3.05. The highest BCUT2D eigenvalue weighted by molar-refractivity contribution is 7.13. The number of rotatable bonds is 3. The molecule has 4 rings (SSSR count). The van der Waals surface area contributed by atoms with Crippen molar-refractivity contribution in [1.29, 1.82) is 0 Å².